The molecule has 5 nitrogen and oxygen atoms in total. The molecule has 0 heterocycles. The van der Waals surface area contributed by atoms with E-state index in [-0.39, 0.29) is 22.7 Å². The Morgan fingerprint density at radius 2 is 2.19 bits per heavy atom. The highest BCUT2D eigenvalue weighted by molar-refractivity contribution is 6.17. The SMILES string of the molecule is COC(=O)c1cc(CCl)cc([N+](=O)[O-])c1C. The van der Waals surface area contributed by atoms with Crippen LogP contribution >= 0.6 is 11.6 Å². The topological polar surface area (TPSA) is 69.4 Å². The molecule has 6 heteroatoms. The number of hydrogen-bond donors (Lipinski definition) is 0. The number of ether oxygens (including phenoxy) is 1. The minimum atomic E-state index is -0.604. The second kappa shape index (κ2) is 4.94. The third-order valence-corrected chi connectivity index (χ3v) is 2.50. The monoisotopic (exact) mass is 243 g/mol. The van der Waals surface area contributed by atoms with Crippen molar-refractivity contribution in [3.05, 3.63) is 38.9 Å². The number of methoxy groups -OCH3 is 1. The lowest BCUT2D eigenvalue weighted by Crippen LogP contribution is -2.07. The summed E-state index contributed by atoms with van der Waals surface area (Å²) in [7, 11) is 1.22. The van der Waals surface area contributed by atoms with E-state index >= 15 is 0 Å². The van der Waals surface area contributed by atoms with Gasteiger partial charge in [-0.3, -0.25) is 10.1 Å². The Hall–Kier alpha value is -1.62. The zero-order valence-electron chi connectivity index (χ0n) is 8.82. The summed E-state index contributed by atoms with van der Waals surface area (Å²) >= 11 is 5.60. The van der Waals surface area contributed by atoms with Crippen molar-refractivity contribution in [3.8, 4) is 0 Å². The maximum atomic E-state index is 11.4. The van der Waals surface area contributed by atoms with E-state index in [2.05, 4.69) is 4.74 Å². The average molecular weight is 244 g/mol. The zero-order valence-corrected chi connectivity index (χ0v) is 9.58. The van der Waals surface area contributed by atoms with Gasteiger partial charge in [-0.1, -0.05) is 0 Å². The van der Waals surface area contributed by atoms with Gasteiger partial charge in [-0.15, -0.1) is 11.6 Å². The Morgan fingerprint density at radius 3 is 2.62 bits per heavy atom. The molecule has 0 unspecified atom stereocenters. The quantitative estimate of drug-likeness (QED) is 0.354. The largest absolute Gasteiger partial charge is 0.465 e. The minimum Gasteiger partial charge on any atom is -0.465 e. The fourth-order valence-corrected chi connectivity index (χ4v) is 1.50. The molecule has 0 radical (unpaired) electrons. The molecule has 1 rings (SSSR count). The van der Waals surface area contributed by atoms with Crippen molar-refractivity contribution in [3.63, 3.8) is 0 Å². The summed E-state index contributed by atoms with van der Waals surface area (Å²) in [6.07, 6.45) is 0. The molecule has 1 aromatic carbocycles. The summed E-state index contributed by atoms with van der Waals surface area (Å²) in [6.45, 7) is 1.50. The third-order valence-electron chi connectivity index (χ3n) is 2.20. The van der Waals surface area contributed by atoms with Crippen LogP contribution in [-0.2, 0) is 10.6 Å². The van der Waals surface area contributed by atoms with E-state index in [1.54, 1.807) is 0 Å². The van der Waals surface area contributed by atoms with Crippen LogP contribution < -0.4 is 0 Å². The highest BCUT2D eigenvalue weighted by Crippen LogP contribution is 2.25. The molecule has 0 fully saturated rings. The van der Waals surface area contributed by atoms with Crippen molar-refractivity contribution >= 4 is 23.3 Å². The normalized spacial score (nSPS) is 9.94. The lowest BCUT2D eigenvalue weighted by Gasteiger charge is -2.06. The predicted molar refractivity (Wildman–Crippen MR) is 58.7 cm³/mol. The van der Waals surface area contributed by atoms with Gasteiger partial charge in [-0.2, -0.15) is 0 Å². The number of nitro benzene ring substituents is 1. The van der Waals surface area contributed by atoms with Gasteiger partial charge in [0, 0.05) is 17.5 Å². The van der Waals surface area contributed by atoms with Crippen LogP contribution in [-0.4, -0.2) is 18.0 Å². The smallest absolute Gasteiger partial charge is 0.338 e. The predicted octanol–water partition coefficient (Wildman–Crippen LogP) is 2.43. The third kappa shape index (κ3) is 2.30. The minimum absolute atomic E-state index is 0.102. The first-order valence-corrected chi connectivity index (χ1v) is 4.97. The van der Waals surface area contributed by atoms with Crippen LogP contribution in [0, 0.1) is 17.0 Å². The van der Waals surface area contributed by atoms with E-state index in [1.807, 2.05) is 0 Å². The molecule has 0 saturated carbocycles. The number of alkyl halides is 1. The Labute approximate surface area is 97.1 Å². The molecule has 1 aromatic rings. The van der Waals surface area contributed by atoms with Crippen molar-refractivity contribution in [2.24, 2.45) is 0 Å². The number of rotatable bonds is 3. The Bertz CT molecular complexity index is 445. The van der Waals surface area contributed by atoms with Crippen LogP contribution in [0.15, 0.2) is 12.1 Å². The molecule has 0 aliphatic carbocycles. The highest BCUT2D eigenvalue weighted by atomic mass is 35.5. The fraction of sp³-hybridized carbons (Fsp3) is 0.300. The van der Waals surface area contributed by atoms with Crippen LogP contribution in [0.3, 0.4) is 0 Å². The summed E-state index contributed by atoms with van der Waals surface area (Å²) in [5.41, 5.74) is 0.844. The van der Waals surface area contributed by atoms with E-state index < -0.39 is 10.9 Å². The zero-order chi connectivity index (χ0) is 12.3. The van der Waals surface area contributed by atoms with E-state index in [0.29, 0.717) is 5.56 Å². The molecule has 0 aliphatic heterocycles. The van der Waals surface area contributed by atoms with E-state index in [4.69, 9.17) is 11.6 Å². The summed E-state index contributed by atoms with van der Waals surface area (Å²) in [5, 5.41) is 10.8. The standard InChI is InChI=1S/C10H10ClNO4/c1-6-8(10(13)16-2)3-7(5-11)4-9(6)12(14)15/h3-4H,5H2,1-2H3. The molecular weight excluding hydrogens is 234 g/mol. The first-order valence-electron chi connectivity index (χ1n) is 4.43. The van der Waals surface area contributed by atoms with Crippen molar-refractivity contribution in [2.75, 3.05) is 7.11 Å². The maximum Gasteiger partial charge on any atom is 0.338 e. The lowest BCUT2D eigenvalue weighted by atomic mass is 10.0. The summed E-state index contributed by atoms with van der Waals surface area (Å²) in [4.78, 5) is 21.6. The fourth-order valence-electron chi connectivity index (χ4n) is 1.35. The average Bonchev–Trinajstić information content (AvgIpc) is 2.28. The van der Waals surface area contributed by atoms with Gasteiger partial charge in [0.2, 0.25) is 0 Å². The summed E-state index contributed by atoms with van der Waals surface area (Å²) in [5.74, 6) is -0.502. The van der Waals surface area contributed by atoms with E-state index in [9.17, 15) is 14.9 Å². The molecule has 0 N–H and O–H groups in total. The van der Waals surface area contributed by atoms with Crippen molar-refractivity contribution in [2.45, 2.75) is 12.8 Å². The van der Waals surface area contributed by atoms with E-state index in [1.165, 1.54) is 26.2 Å². The number of carbonyl (C=O) groups is 1. The van der Waals surface area contributed by atoms with Gasteiger partial charge in [0.05, 0.1) is 17.6 Å². The summed E-state index contributed by atoms with van der Waals surface area (Å²) < 4.78 is 4.55. The Balaban J connectivity index is 3.43. The van der Waals surface area contributed by atoms with Crippen LogP contribution in [0.25, 0.3) is 0 Å². The molecule has 0 spiro atoms. The first-order chi connectivity index (χ1) is 7.51. The molecule has 0 aliphatic rings. The lowest BCUT2D eigenvalue weighted by molar-refractivity contribution is -0.385. The summed E-state index contributed by atoms with van der Waals surface area (Å²) in [6, 6.07) is 2.86. The maximum absolute atomic E-state index is 11.4. The second-order valence-electron chi connectivity index (χ2n) is 3.17. The number of carbonyl (C=O) groups excluding carboxylic acids is 1. The van der Waals surface area contributed by atoms with Crippen molar-refractivity contribution in [1.82, 2.24) is 0 Å². The van der Waals surface area contributed by atoms with Gasteiger partial charge in [-0.05, 0) is 18.6 Å². The number of esters is 1. The van der Waals surface area contributed by atoms with Gasteiger partial charge in [0.25, 0.3) is 5.69 Å². The highest BCUT2D eigenvalue weighted by Gasteiger charge is 2.20. The molecular formula is C10H10ClNO4. The number of nitro groups is 1. The van der Waals surface area contributed by atoms with Crippen molar-refractivity contribution in [1.29, 1.82) is 0 Å². The van der Waals surface area contributed by atoms with Crippen molar-refractivity contribution < 1.29 is 14.5 Å². The Morgan fingerprint density at radius 1 is 1.56 bits per heavy atom. The van der Waals surface area contributed by atoms with Crippen LogP contribution in [0.5, 0.6) is 0 Å². The van der Waals surface area contributed by atoms with Gasteiger partial charge in [0.15, 0.2) is 0 Å². The first kappa shape index (κ1) is 12.4. The number of nitrogens with zero attached hydrogens (tertiary/aromatic N) is 1. The van der Waals surface area contributed by atoms with Crippen LogP contribution in [0.4, 0.5) is 5.69 Å². The van der Waals surface area contributed by atoms with Gasteiger partial charge in [0.1, 0.15) is 0 Å². The van der Waals surface area contributed by atoms with Crippen LogP contribution in [0.2, 0.25) is 0 Å². The molecule has 0 bridgehead atoms. The van der Waals surface area contributed by atoms with Gasteiger partial charge in [-0.25, -0.2) is 4.79 Å². The van der Waals surface area contributed by atoms with Crippen LogP contribution in [0.1, 0.15) is 21.5 Å². The molecule has 0 aromatic heterocycles. The number of benzene rings is 1. The number of hydrogen-bond acceptors (Lipinski definition) is 4. The van der Waals surface area contributed by atoms with Gasteiger partial charge >= 0.3 is 5.97 Å². The molecule has 0 saturated heterocycles. The molecule has 86 valence electrons. The molecule has 16 heavy (non-hydrogen) atoms. The molecule has 0 atom stereocenters. The van der Waals surface area contributed by atoms with E-state index in [0.717, 1.165) is 0 Å². The number of halogens is 1. The molecule has 0 amide bonds. The Kier molecular flexibility index (Phi) is 3.84. The van der Waals surface area contributed by atoms with Gasteiger partial charge < -0.3 is 4.74 Å². The second-order valence-corrected chi connectivity index (χ2v) is 3.44.